The molecule has 8 rings (SSSR count). The number of pyridine rings is 2. The lowest BCUT2D eigenvalue weighted by Crippen LogP contribution is -2.12. The molecule has 0 atom stereocenters. The Bertz CT molecular complexity index is 2080. The number of nitrogens with one attached hydrogen (secondary N) is 2. The highest BCUT2D eigenvalue weighted by atomic mass is 16.2. The van der Waals surface area contributed by atoms with Crippen molar-refractivity contribution in [1.82, 2.24) is 19.1 Å². The molecule has 2 aliphatic rings. The lowest BCUT2D eigenvalue weighted by molar-refractivity contribution is 0.0957. The smallest absolute Gasteiger partial charge is 0.279 e. The van der Waals surface area contributed by atoms with Gasteiger partial charge in [-0.05, 0) is 86.3 Å². The SMILES string of the molecule is Cc1cc(C)c2[nH]c3c(c(=O)c2c1)-c1cccn1C3=O.Cc1cc(C)c2[nH]c3c(c(=O)c2c1)-c1cccn1C3=O. The molecule has 2 aliphatic heterocycles. The number of carbonyl (C=O) groups excluding carboxylic acids is 2. The molecule has 6 aromatic rings. The van der Waals surface area contributed by atoms with Crippen LogP contribution in [0, 0.1) is 27.7 Å². The van der Waals surface area contributed by atoms with Crippen LogP contribution in [0.2, 0.25) is 0 Å². The molecule has 0 bridgehead atoms. The van der Waals surface area contributed by atoms with E-state index in [2.05, 4.69) is 9.97 Å². The van der Waals surface area contributed by atoms with Gasteiger partial charge in [0, 0.05) is 23.2 Å². The fourth-order valence-electron chi connectivity index (χ4n) is 6.07. The predicted octanol–water partition coefficient (Wildman–Crippen LogP) is 5.23. The number of hydrogen-bond donors (Lipinski definition) is 2. The summed E-state index contributed by atoms with van der Waals surface area (Å²) in [7, 11) is 0. The van der Waals surface area contributed by atoms with E-state index < -0.39 is 0 Å². The number of carbonyl (C=O) groups is 2. The molecule has 2 aromatic carbocycles. The first-order chi connectivity index (χ1) is 19.2. The molecular formula is C32H24N4O4. The number of H-pyrrole nitrogens is 2. The fraction of sp³-hybridized carbons (Fsp3) is 0.125. The summed E-state index contributed by atoms with van der Waals surface area (Å²) in [4.78, 5) is 56.4. The molecule has 0 saturated carbocycles. The predicted molar refractivity (Wildman–Crippen MR) is 154 cm³/mol. The Hall–Kier alpha value is -5.24. The zero-order valence-electron chi connectivity index (χ0n) is 22.3. The van der Waals surface area contributed by atoms with Crippen LogP contribution in [0.15, 0.2) is 70.5 Å². The highest BCUT2D eigenvalue weighted by Gasteiger charge is 2.31. The van der Waals surface area contributed by atoms with Crippen molar-refractivity contribution in [3.05, 3.63) is 115 Å². The molecule has 0 unspecified atom stereocenters. The average Bonchev–Trinajstić information content (AvgIpc) is 3.67. The minimum absolute atomic E-state index is 0.0775. The van der Waals surface area contributed by atoms with Gasteiger partial charge in [0.2, 0.25) is 0 Å². The Morgan fingerprint density at radius 1 is 0.575 bits per heavy atom. The van der Waals surface area contributed by atoms with E-state index in [1.54, 1.807) is 36.7 Å². The maximum Gasteiger partial charge on any atom is 0.279 e. The second kappa shape index (κ2) is 8.13. The summed E-state index contributed by atoms with van der Waals surface area (Å²) < 4.78 is 3.03. The molecule has 0 aliphatic carbocycles. The van der Waals surface area contributed by atoms with Crippen LogP contribution >= 0.6 is 0 Å². The Balaban J connectivity index is 0.000000132. The minimum Gasteiger partial charge on any atom is -0.350 e. The van der Waals surface area contributed by atoms with Gasteiger partial charge in [-0.1, -0.05) is 12.1 Å². The van der Waals surface area contributed by atoms with Gasteiger partial charge in [-0.25, -0.2) is 0 Å². The average molecular weight is 529 g/mol. The molecule has 196 valence electrons. The van der Waals surface area contributed by atoms with E-state index in [-0.39, 0.29) is 22.7 Å². The van der Waals surface area contributed by atoms with E-state index in [1.165, 1.54) is 9.13 Å². The second-order valence-electron chi connectivity index (χ2n) is 10.6. The van der Waals surface area contributed by atoms with Crippen molar-refractivity contribution in [1.29, 1.82) is 0 Å². The number of aromatic amines is 2. The van der Waals surface area contributed by atoms with Gasteiger partial charge in [-0.3, -0.25) is 28.3 Å². The first-order valence-corrected chi connectivity index (χ1v) is 12.9. The maximum atomic E-state index is 12.7. The zero-order chi connectivity index (χ0) is 28.0. The Kier molecular flexibility index (Phi) is 4.85. The van der Waals surface area contributed by atoms with E-state index >= 15 is 0 Å². The van der Waals surface area contributed by atoms with Gasteiger partial charge < -0.3 is 9.97 Å². The maximum absolute atomic E-state index is 12.7. The van der Waals surface area contributed by atoms with Crippen LogP contribution in [0.4, 0.5) is 0 Å². The number of aryl methyl sites for hydroxylation is 4. The standard InChI is InChI=1S/2C16H12N2O2/c2*1-8-6-9(2)13-10(7-8)15(19)12-11-4-3-5-18(11)16(20)14(12)17-13/h2*3-7H,1-2H3,(H,17,19). The topological polar surface area (TPSA) is 110 Å². The lowest BCUT2D eigenvalue weighted by Gasteiger charge is -2.06. The van der Waals surface area contributed by atoms with Crippen LogP contribution in [0.25, 0.3) is 44.3 Å². The highest BCUT2D eigenvalue weighted by molar-refractivity contribution is 6.10. The molecule has 2 N–H and O–H groups in total. The number of hydrogen-bond acceptors (Lipinski definition) is 4. The Morgan fingerprint density at radius 2 is 0.975 bits per heavy atom. The second-order valence-corrected chi connectivity index (χ2v) is 10.6. The third-order valence-electron chi connectivity index (χ3n) is 7.78. The van der Waals surface area contributed by atoms with Crippen molar-refractivity contribution in [3.63, 3.8) is 0 Å². The minimum atomic E-state index is -0.168. The van der Waals surface area contributed by atoms with E-state index in [0.717, 1.165) is 33.3 Å². The van der Waals surface area contributed by atoms with Crippen molar-refractivity contribution in [2.75, 3.05) is 0 Å². The van der Waals surface area contributed by atoms with Crippen molar-refractivity contribution in [2.45, 2.75) is 27.7 Å². The van der Waals surface area contributed by atoms with Gasteiger partial charge in [0.05, 0.1) is 33.5 Å². The van der Waals surface area contributed by atoms with Crippen LogP contribution in [-0.4, -0.2) is 30.9 Å². The third kappa shape index (κ3) is 3.13. The van der Waals surface area contributed by atoms with E-state index in [1.807, 2.05) is 52.0 Å². The number of nitrogens with zero attached hydrogens (tertiary/aromatic N) is 2. The summed E-state index contributed by atoms with van der Waals surface area (Å²) in [5.41, 5.74) is 8.48. The number of aromatic nitrogens is 4. The van der Waals surface area contributed by atoms with Crippen LogP contribution in [0.3, 0.4) is 0 Å². The molecule has 6 heterocycles. The van der Waals surface area contributed by atoms with Gasteiger partial charge in [0.15, 0.2) is 10.9 Å². The molecular weight excluding hydrogens is 504 g/mol. The molecule has 0 amide bonds. The van der Waals surface area contributed by atoms with E-state index in [9.17, 15) is 19.2 Å². The first-order valence-electron chi connectivity index (χ1n) is 12.9. The van der Waals surface area contributed by atoms with Crippen LogP contribution in [0.5, 0.6) is 0 Å². The van der Waals surface area contributed by atoms with Crippen molar-refractivity contribution in [2.24, 2.45) is 0 Å². The lowest BCUT2D eigenvalue weighted by atomic mass is 10.0. The van der Waals surface area contributed by atoms with Crippen LogP contribution in [0.1, 0.15) is 43.2 Å². The number of rotatable bonds is 0. The van der Waals surface area contributed by atoms with Gasteiger partial charge >= 0.3 is 0 Å². The van der Waals surface area contributed by atoms with Crippen molar-refractivity contribution in [3.8, 4) is 22.5 Å². The quantitative estimate of drug-likeness (QED) is 0.281. The summed E-state index contributed by atoms with van der Waals surface area (Å²) >= 11 is 0. The fourth-order valence-corrected chi connectivity index (χ4v) is 6.07. The molecule has 0 spiro atoms. The van der Waals surface area contributed by atoms with Crippen LogP contribution in [-0.2, 0) is 0 Å². The van der Waals surface area contributed by atoms with Gasteiger partial charge in [0.1, 0.15) is 11.4 Å². The monoisotopic (exact) mass is 528 g/mol. The van der Waals surface area contributed by atoms with E-state index in [0.29, 0.717) is 44.7 Å². The summed E-state index contributed by atoms with van der Waals surface area (Å²) in [6.07, 6.45) is 3.38. The summed E-state index contributed by atoms with van der Waals surface area (Å²) in [5, 5.41) is 1.28. The zero-order valence-corrected chi connectivity index (χ0v) is 22.3. The largest absolute Gasteiger partial charge is 0.350 e. The van der Waals surface area contributed by atoms with Gasteiger partial charge in [-0.15, -0.1) is 0 Å². The van der Waals surface area contributed by atoms with Gasteiger partial charge in [0.25, 0.3) is 11.8 Å². The van der Waals surface area contributed by atoms with Gasteiger partial charge in [-0.2, -0.15) is 0 Å². The summed E-state index contributed by atoms with van der Waals surface area (Å²) in [6, 6.07) is 14.9. The molecule has 0 fully saturated rings. The summed E-state index contributed by atoms with van der Waals surface area (Å²) in [6.45, 7) is 7.81. The molecule has 40 heavy (non-hydrogen) atoms. The molecule has 0 saturated heterocycles. The third-order valence-corrected chi connectivity index (χ3v) is 7.78. The van der Waals surface area contributed by atoms with Crippen molar-refractivity contribution >= 4 is 33.6 Å². The highest BCUT2D eigenvalue weighted by Crippen LogP contribution is 2.32. The molecule has 8 heteroatoms. The summed E-state index contributed by atoms with van der Waals surface area (Å²) in [5.74, 6) is -0.335. The molecule has 4 aromatic heterocycles. The van der Waals surface area contributed by atoms with Crippen molar-refractivity contribution < 1.29 is 9.59 Å². The molecule has 0 radical (unpaired) electrons. The first kappa shape index (κ1) is 23.8. The van der Waals surface area contributed by atoms with Crippen LogP contribution < -0.4 is 10.9 Å². The molecule has 8 nitrogen and oxygen atoms in total. The Morgan fingerprint density at radius 3 is 1.38 bits per heavy atom. The Labute approximate surface area is 227 Å². The number of fused-ring (bicyclic) bond motifs is 8. The van der Waals surface area contributed by atoms with E-state index in [4.69, 9.17) is 0 Å². The number of benzene rings is 2. The normalized spacial score (nSPS) is 12.8.